The molecule has 2 aromatic rings. The van der Waals surface area contributed by atoms with Crippen molar-refractivity contribution in [1.82, 2.24) is 4.90 Å². The number of methoxy groups -OCH3 is 1. The smallest absolute Gasteiger partial charge is 0.307 e. The lowest BCUT2D eigenvalue weighted by Crippen LogP contribution is -2.41. The highest BCUT2D eigenvalue weighted by Crippen LogP contribution is 2.27. The maximum Gasteiger partial charge on any atom is 0.307 e. The first-order valence-corrected chi connectivity index (χ1v) is 8.19. The molecule has 25 heavy (non-hydrogen) atoms. The number of esters is 1. The Bertz CT molecular complexity index is 765. The SMILES string of the molecule is COC(=O)CC(CCc1ccccc1)N1C(=O)c2ccccc2C1=O. The molecular formula is C20H19NO4. The second-order valence-corrected chi connectivity index (χ2v) is 5.98. The molecule has 5 heteroatoms. The van der Waals surface area contributed by atoms with E-state index >= 15 is 0 Å². The molecule has 1 unspecified atom stereocenters. The Morgan fingerprint density at radius 1 is 0.960 bits per heavy atom. The van der Waals surface area contributed by atoms with Gasteiger partial charge in [-0.3, -0.25) is 19.3 Å². The van der Waals surface area contributed by atoms with Gasteiger partial charge < -0.3 is 4.74 Å². The lowest BCUT2D eigenvalue weighted by atomic mass is 10.0. The number of carbonyl (C=O) groups is 3. The Morgan fingerprint density at radius 3 is 2.08 bits per heavy atom. The van der Waals surface area contributed by atoms with Crippen molar-refractivity contribution in [2.45, 2.75) is 25.3 Å². The largest absolute Gasteiger partial charge is 0.469 e. The van der Waals surface area contributed by atoms with Crippen LogP contribution in [0.25, 0.3) is 0 Å². The summed E-state index contributed by atoms with van der Waals surface area (Å²) in [4.78, 5) is 38.4. The van der Waals surface area contributed by atoms with Crippen LogP contribution in [0.2, 0.25) is 0 Å². The summed E-state index contributed by atoms with van der Waals surface area (Å²) in [6.45, 7) is 0. The van der Waals surface area contributed by atoms with Crippen LogP contribution >= 0.6 is 0 Å². The highest BCUT2D eigenvalue weighted by molar-refractivity contribution is 6.21. The van der Waals surface area contributed by atoms with Gasteiger partial charge in [0.1, 0.15) is 0 Å². The van der Waals surface area contributed by atoms with Gasteiger partial charge >= 0.3 is 5.97 Å². The molecule has 1 heterocycles. The normalized spacial score (nSPS) is 14.4. The second kappa shape index (κ2) is 7.30. The van der Waals surface area contributed by atoms with Gasteiger partial charge in [0.25, 0.3) is 11.8 Å². The summed E-state index contributed by atoms with van der Waals surface area (Å²) in [5, 5.41) is 0. The van der Waals surface area contributed by atoms with Gasteiger partial charge in [0, 0.05) is 0 Å². The monoisotopic (exact) mass is 337 g/mol. The molecule has 0 bridgehead atoms. The molecule has 1 atom stereocenters. The Hall–Kier alpha value is -2.95. The Kier molecular flexibility index (Phi) is 4.93. The van der Waals surface area contributed by atoms with E-state index in [1.807, 2.05) is 30.3 Å². The van der Waals surface area contributed by atoms with Crippen LogP contribution < -0.4 is 0 Å². The van der Waals surface area contributed by atoms with E-state index in [9.17, 15) is 14.4 Å². The van der Waals surface area contributed by atoms with Gasteiger partial charge in [-0.25, -0.2) is 0 Å². The van der Waals surface area contributed by atoms with Crippen molar-refractivity contribution < 1.29 is 19.1 Å². The molecular weight excluding hydrogens is 318 g/mol. The van der Waals surface area contributed by atoms with Crippen molar-refractivity contribution >= 4 is 17.8 Å². The van der Waals surface area contributed by atoms with Crippen LogP contribution in [0.15, 0.2) is 54.6 Å². The first kappa shape index (κ1) is 16.9. The molecule has 0 fully saturated rings. The van der Waals surface area contributed by atoms with Crippen LogP contribution in [0.1, 0.15) is 39.1 Å². The second-order valence-electron chi connectivity index (χ2n) is 5.98. The fraction of sp³-hybridized carbons (Fsp3) is 0.250. The zero-order valence-electron chi connectivity index (χ0n) is 14.0. The minimum Gasteiger partial charge on any atom is -0.469 e. The van der Waals surface area contributed by atoms with E-state index in [1.54, 1.807) is 24.3 Å². The molecule has 1 aliphatic heterocycles. The maximum atomic E-state index is 12.7. The third-order valence-corrected chi connectivity index (χ3v) is 4.43. The van der Waals surface area contributed by atoms with Crippen LogP contribution in [0.4, 0.5) is 0 Å². The number of amides is 2. The van der Waals surface area contributed by atoms with Crippen LogP contribution in [0.5, 0.6) is 0 Å². The number of fused-ring (bicyclic) bond motifs is 1. The molecule has 3 rings (SSSR count). The molecule has 128 valence electrons. The number of carbonyl (C=O) groups excluding carboxylic acids is 3. The zero-order valence-corrected chi connectivity index (χ0v) is 14.0. The summed E-state index contributed by atoms with van der Waals surface area (Å²) in [7, 11) is 1.30. The van der Waals surface area contributed by atoms with Gasteiger partial charge in [0.2, 0.25) is 0 Å². The van der Waals surface area contributed by atoms with Crippen LogP contribution in [-0.2, 0) is 16.0 Å². The third kappa shape index (κ3) is 3.45. The average Bonchev–Trinajstić information content (AvgIpc) is 2.90. The molecule has 0 N–H and O–H groups in total. The first-order chi connectivity index (χ1) is 12.1. The van der Waals surface area contributed by atoms with Gasteiger partial charge in [-0.15, -0.1) is 0 Å². The molecule has 2 amide bonds. The number of hydrogen-bond donors (Lipinski definition) is 0. The summed E-state index contributed by atoms with van der Waals surface area (Å²) in [6, 6.07) is 16.0. The number of hydrogen-bond acceptors (Lipinski definition) is 4. The lowest BCUT2D eigenvalue weighted by molar-refractivity contribution is -0.141. The van der Waals surface area contributed by atoms with E-state index in [2.05, 4.69) is 0 Å². The predicted molar refractivity (Wildman–Crippen MR) is 92.1 cm³/mol. The highest BCUT2D eigenvalue weighted by Gasteiger charge is 2.40. The van der Waals surface area contributed by atoms with Crippen molar-refractivity contribution in [2.24, 2.45) is 0 Å². The summed E-state index contributed by atoms with van der Waals surface area (Å²) < 4.78 is 4.75. The number of rotatable bonds is 6. The van der Waals surface area contributed by atoms with E-state index in [0.717, 1.165) is 5.56 Å². The Labute approximate surface area is 146 Å². The van der Waals surface area contributed by atoms with E-state index in [1.165, 1.54) is 12.0 Å². The fourth-order valence-electron chi connectivity index (χ4n) is 3.12. The Morgan fingerprint density at radius 2 is 1.52 bits per heavy atom. The summed E-state index contributed by atoms with van der Waals surface area (Å²) in [5.74, 6) is -1.13. The van der Waals surface area contributed by atoms with E-state index < -0.39 is 12.0 Å². The van der Waals surface area contributed by atoms with Crippen LogP contribution in [-0.4, -0.2) is 35.8 Å². The molecule has 5 nitrogen and oxygen atoms in total. The van der Waals surface area contributed by atoms with Gasteiger partial charge in [-0.05, 0) is 30.5 Å². The van der Waals surface area contributed by atoms with Gasteiger partial charge in [0.05, 0.1) is 30.7 Å². The van der Waals surface area contributed by atoms with Gasteiger partial charge in [-0.1, -0.05) is 42.5 Å². The Balaban J connectivity index is 1.83. The van der Waals surface area contributed by atoms with Gasteiger partial charge in [-0.2, -0.15) is 0 Å². The van der Waals surface area contributed by atoms with Crippen LogP contribution in [0.3, 0.4) is 0 Å². The van der Waals surface area contributed by atoms with Crippen molar-refractivity contribution in [3.63, 3.8) is 0 Å². The quantitative estimate of drug-likeness (QED) is 0.601. The molecule has 0 radical (unpaired) electrons. The van der Waals surface area contributed by atoms with Crippen molar-refractivity contribution in [3.8, 4) is 0 Å². The molecule has 0 aromatic heterocycles. The standard InChI is InChI=1S/C20H19NO4/c1-25-18(22)13-15(12-11-14-7-3-2-4-8-14)21-19(23)16-9-5-6-10-17(16)20(21)24/h2-10,15H,11-13H2,1H3. The fourth-order valence-corrected chi connectivity index (χ4v) is 3.12. The number of aryl methyl sites for hydroxylation is 1. The summed E-state index contributed by atoms with van der Waals surface area (Å²) in [5.41, 5.74) is 1.87. The van der Waals surface area contributed by atoms with Crippen LogP contribution in [0, 0.1) is 0 Å². The first-order valence-electron chi connectivity index (χ1n) is 8.19. The molecule has 2 aromatic carbocycles. The minimum absolute atomic E-state index is 0.00516. The van der Waals surface area contributed by atoms with Gasteiger partial charge in [0.15, 0.2) is 0 Å². The summed E-state index contributed by atoms with van der Waals surface area (Å²) >= 11 is 0. The molecule has 0 saturated heterocycles. The zero-order chi connectivity index (χ0) is 17.8. The number of nitrogens with zero attached hydrogens (tertiary/aromatic N) is 1. The maximum absolute atomic E-state index is 12.7. The van der Waals surface area contributed by atoms with Crippen molar-refractivity contribution in [1.29, 1.82) is 0 Å². The van der Waals surface area contributed by atoms with E-state index in [-0.39, 0.29) is 18.2 Å². The predicted octanol–water partition coefficient (Wildman–Crippen LogP) is 2.85. The number of imide groups is 1. The molecule has 0 aliphatic carbocycles. The third-order valence-electron chi connectivity index (χ3n) is 4.43. The summed E-state index contributed by atoms with van der Waals surface area (Å²) in [6.07, 6.45) is 1.16. The molecule has 1 aliphatic rings. The highest BCUT2D eigenvalue weighted by atomic mass is 16.5. The van der Waals surface area contributed by atoms with E-state index in [4.69, 9.17) is 4.74 Å². The topological polar surface area (TPSA) is 63.7 Å². The minimum atomic E-state index is -0.528. The molecule has 0 spiro atoms. The number of benzene rings is 2. The number of ether oxygens (including phenoxy) is 1. The van der Waals surface area contributed by atoms with Crippen molar-refractivity contribution in [3.05, 3.63) is 71.3 Å². The molecule has 0 saturated carbocycles. The van der Waals surface area contributed by atoms with Crippen molar-refractivity contribution in [2.75, 3.05) is 7.11 Å². The van der Waals surface area contributed by atoms with E-state index in [0.29, 0.717) is 24.0 Å². The average molecular weight is 337 g/mol. The lowest BCUT2D eigenvalue weighted by Gasteiger charge is -2.25.